The summed E-state index contributed by atoms with van der Waals surface area (Å²) in [5.74, 6) is 1.19. The molecule has 0 saturated carbocycles. The van der Waals surface area contributed by atoms with Crippen molar-refractivity contribution in [1.29, 1.82) is 0 Å². The predicted molar refractivity (Wildman–Crippen MR) is 89.0 cm³/mol. The Bertz CT molecular complexity index is 482. The minimum Gasteiger partial charge on any atom is -0.338 e. The first-order valence-electron chi connectivity index (χ1n) is 8.76. The third-order valence-corrected chi connectivity index (χ3v) is 4.74. The monoisotopic (exact) mass is 344 g/mol. The quantitative estimate of drug-likeness (QED) is 0.704. The molecule has 0 spiro atoms. The number of rotatable bonds is 7. The van der Waals surface area contributed by atoms with Crippen LogP contribution in [0.2, 0.25) is 0 Å². The summed E-state index contributed by atoms with van der Waals surface area (Å²) < 4.78 is 37.6. The van der Waals surface area contributed by atoms with Crippen LogP contribution in [-0.2, 0) is 6.18 Å². The van der Waals surface area contributed by atoms with Crippen molar-refractivity contribution in [1.82, 2.24) is 14.9 Å². The van der Waals surface area contributed by atoms with Gasteiger partial charge in [-0.3, -0.25) is 4.90 Å². The van der Waals surface area contributed by atoms with Crippen molar-refractivity contribution in [2.24, 2.45) is 5.92 Å². The van der Waals surface area contributed by atoms with E-state index in [1.54, 1.807) is 0 Å². The Morgan fingerprint density at radius 3 is 2.25 bits per heavy atom. The molecule has 24 heavy (non-hydrogen) atoms. The number of aromatic nitrogens is 2. The summed E-state index contributed by atoms with van der Waals surface area (Å²) in [4.78, 5) is 12.1. The number of piperazine rings is 1. The zero-order valence-electron chi connectivity index (χ0n) is 14.5. The Labute approximate surface area is 142 Å². The minimum absolute atomic E-state index is 0.388. The van der Waals surface area contributed by atoms with Crippen molar-refractivity contribution in [3.8, 4) is 0 Å². The number of unbranched alkanes of at least 4 members (excludes halogenated alkanes) is 1. The molecule has 136 valence electrons. The standard InChI is InChI=1S/C17H27F3N4/c1-3-14(2)6-4-5-7-23-8-10-24(11-9-23)16-21-12-15(13-22-16)17(18,19)20/h12-14H,3-11H2,1-2H3. The van der Waals surface area contributed by atoms with Crippen molar-refractivity contribution < 1.29 is 13.2 Å². The van der Waals surface area contributed by atoms with E-state index in [0.717, 1.165) is 51.0 Å². The summed E-state index contributed by atoms with van der Waals surface area (Å²) in [7, 11) is 0. The lowest BCUT2D eigenvalue weighted by atomic mass is 10.0. The molecule has 2 heterocycles. The normalized spacial score (nSPS) is 18.0. The van der Waals surface area contributed by atoms with Crippen molar-refractivity contribution >= 4 is 5.95 Å². The van der Waals surface area contributed by atoms with E-state index < -0.39 is 11.7 Å². The van der Waals surface area contributed by atoms with E-state index in [1.807, 2.05) is 4.90 Å². The van der Waals surface area contributed by atoms with Crippen LogP contribution >= 0.6 is 0 Å². The molecule has 4 nitrogen and oxygen atoms in total. The van der Waals surface area contributed by atoms with E-state index in [4.69, 9.17) is 0 Å². The lowest BCUT2D eigenvalue weighted by Gasteiger charge is -2.34. The van der Waals surface area contributed by atoms with Crippen molar-refractivity contribution in [3.63, 3.8) is 0 Å². The van der Waals surface area contributed by atoms with E-state index in [0.29, 0.717) is 5.95 Å². The highest BCUT2D eigenvalue weighted by Gasteiger charge is 2.31. The van der Waals surface area contributed by atoms with E-state index in [-0.39, 0.29) is 0 Å². The van der Waals surface area contributed by atoms with Gasteiger partial charge in [0.2, 0.25) is 5.95 Å². The highest BCUT2D eigenvalue weighted by atomic mass is 19.4. The van der Waals surface area contributed by atoms with Crippen LogP contribution in [0.1, 0.15) is 45.1 Å². The van der Waals surface area contributed by atoms with Crippen molar-refractivity contribution in [2.75, 3.05) is 37.6 Å². The molecule has 7 heteroatoms. The third kappa shape index (κ3) is 5.61. The molecule has 1 aromatic heterocycles. The zero-order chi connectivity index (χ0) is 17.6. The first-order chi connectivity index (χ1) is 11.4. The van der Waals surface area contributed by atoms with Gasteiger partial charge in [-0.05, 0) is 18.9 Å². The molecule has 0 N–H and O–H groups in total. The number of halogens is 3. The number of alkyl halides is 3. The highest BCUT2D eigenvalue weighted by molar-refractivity contribution is 5.31. The molecule has 1 aromatic rings. The summed E-state index contributed by atoms with van der Waals surface area (Å²) >= 11 is 0. The fourth-order valence-electron chi connectivity index (χ4n) is 2.83. The van der Waals surface area contributed by atoms with E-state index >= 15 is 0 Å². The molecule has 0 aliphatic carbocycles. The Morgan fingerprint density at radius 2 is 1.71 bits per heavy atom. The molecule has 0 bridgehead atoms. The Kier molecular flexibility index (Phi) is 6.83. The number of hydrogen-bond donors (Lipinski definition) is 0. The summed E-state index contributed by atoms with van der Waals surface area (Å²) in [6.07, 6.45) is 2.35. The summed E-state index contributed by atoms with van der Waals surface area (Å²) in [6.45, 7) is 8.96. The van der Waals surface area contributed by atoms with Gasteiger partial charge in [-0.2, -0.15) is 13.2 Å². The molecule has 2 rings (SSSR count). The lowest BCUT2D eigenvalue weighted by molar-refractivity contribution is -0.138. The van der Waals surface area contributed by atoms with Gasteiger partial charge in [-0.1, -0.05) is 33.1 Å². The first-order valence-corrected chi connectivity index (χ1v) is 8.76. The molecular weight excluding hydrogens is 317 g/mol. The van der Waals surface area contributed by atoms with Gasteiger partial charge in [-0.25, -0.2) is 9.97 Å². The summed E-state index contributed by atoms with van der Waals surface area (Å²) in [6, 6.07) is 0. The molecule has 1 atom stereocenters. The van der Waals surface area contributed by atoms with E-state index in [2.05, 4.69) is 28.7 Å². The number of hydrogen-bond acceptors (Lipinski definition) is 4. The molecule has 1 aliphatic heterocycles. The molecule has 0 aromatic carbocycles. The van der Waals surface area contributed by atoms with Crippen LogP contribution in [0.4, 0.5) is 19.1 Å². The van der Waals surface area contributed by atoms with Crippen LogP contribution in [0.3, 0.4) is 0 Å². The maximum absolute atomic E-state index is 12.5. The first kappa shape index (κ1) is 19.0. The highest BCUT2D eigenvalue weighted by Crippen LogP contribution is 2.28. The van der Waals surface area contributed by atoms with E-state index in [9.17, 15) is 13.2 Å². The molecule has 1 unspecified atom stereocenters. The second-order valence-corrected chi connectivity index (χ2v) is 6.61. The van der Waals surface area contributed by atoms with Crippen LogP contribution in [0.5, 0.6) is 0 Å². The van der Waals surface area contributed by atoms with Gasteiger partial charge >= 0.3 is 6.18 Å². The molecule has 0 radical (unpaired) electrons. The predicted octanol–water partition coefficient (Wildman–Crippen LogP) is 3.83. The van der Waals surface area contributed by atoms with Crippen LogP contribution in [0.15, 0.2) is 12.4 Å². The average Bonchev–Trinajstić information content (AvgIpc) is 2.58. The molecular formula is C17H27F3N4. The van der Waals surface area contributed by atoms with Gasteiger partial charge in [0.15, 0.2) is 0 Å². The van der Waals surface area contributed by atoms with Gasteiger partial charge in [0.1, 0.15) is 0 Å². The van der Waals surface area contributed by atoms with Gasteiger partial charge in [0.25, 0.3) is 0 Å². The summed E-state index contributed by atoms with van der Waals surface area (Å²) in [5, 5.41) is 0. The number of nitrogens with zero attached hydrogens (tertiary/aromatic N) is 4. The van der Waals surface area contributed by atoms with Crippen LogP contribution < -0.4 is 4.90 Å². The molecule has 0 amide bonds. The Morgan fingerprint density at radius 1 is 1.08 bits per heavy atom. The lowest BCUT2D eigenvalue weighted by Crippen LogP contribution is -2.47. The number of anilines is 1. The molecule has 1 aliphatic rings. The van der Waals surface area contributed by atoms with Gasteiger partial charge in [0, 0.05) is 38.6 Å². The molecule has 1 saturated heterocycles. The van der Waals surface area contributed by atoms with Crippen molar-refractivity contribution in [2.45, 2.75) is 45.7 Å². The second-order valence-electron chi connectivity index (χ2n) is 6.61. The van der Waals surface area contributed by atoms with E-state index in [1.165, 1.54) is 25.7 Å². The maximum Gasteiger partial charge on any atom is 0.419 e. The van der Waals surface area contributed by atoms with Crippen LogP contribution in [-0.4, -0.2) is 47.6 Å². The second kappa shape index (κ2) is 8.65. The smallest absolute Gasteiger partial charge is 0.338 e. The SMILES string of the molecule is CCC(C)CCCCN1CCN(c2ncc(C(F)(F)F)cn2)CC1. The topological polar surface area (TPSA) is 32.3 Å². The average molecular weight is 344 g/mol. The van der Waals surface area contributed by atoms with Gasteiger partial charge in [0.05, 0.1) is 5.56 Å². The van der Waals surface area contributed by atoms with Gasteiger partial charge < -0.3 is 4.90 Å². The van der Waals surface area contributed by atoms with Crippen LogP contribution in [0.25, 0.3) is 0 Å². The van der Waals surface area contributed by atoms with Crippen molar-refractivity contribution in [3.05, 3.63) is 18.0 Å². The summed E-state index contributed by atoms with van der Waals surface area (Å²) in [5.41, 5.74) is -0.800. The fourth-order valence-corrected chi connectivity index (χ4v) is 2.83. The third-order valence-electron chi connectivity index (χ3n) is 4.74. The van der Waals surface area contributed by atoms with Gasteiger partial charge in [-0.15, -0.1) is 0 Å². The zero-order valence-corrected chi connectivity index (χ0v) is 14.5. The fraction of sp³-hybridized carbons (Fsp3) is 0.765. The van der Waals surface area contributed by atoms with Crippen LogP contribution in [0, 0.1) is 5.92 Å². The Balaban J connectivity index is 1.72. The maximum atomic E-state index is 12.5. The Hall–Kier alpha value is -1.37. The largest absolute Gasteiger partial charge is 0.419 e. The minimum atomic E-state index is -4.38. The molecule has 1 fully saturated rings.